The molecule has 0 atom stereocenters. The van der Waals surface area contributed by atoms with E-state index in [1.165, 1.54) is 0 Å². The molecule has 0 heterocycles. The maximum absolute atomic E-state index is 12.3. The molecule has 0 amide bonds. The Hall–Kier alpha value is -1.38. The van der Waals surface area contributed by atoms with Crippen LogP contribution in [0.2, 0.25) is 5.02 Å². The standard InChI is InChI=1S/C23H17ClI2O2/c1-15-2-7-18(8-3-15)22(27)11-6-17-12-20(25)23(21(26)13-17)28-14-16-4-9-19(24)10-5-16/h2-13H,14H2,1H3/b11-6+. The summed E-state index contributed by atoms with van der Waals surface area (Å²) in [5, 5.41) is 0.712. The van der Waals surface area contributed by atoms with Crippen LogP contribution in [0, 0.1) is 14.1 Å². The van der Waals surface area contributed by atoms with Gasteiger partial charge in [0, 0.05) is 10.6 Å². The van der Waals surface area contributed by atoms with E-state index < -0.39 is 0 Å². The molecule has 0 aliphatic heterocycles. The third-order valence-electron chi connectivity index (χ3n) is 4.08. The van der Waals surface area contributed by atoms with Crippen LogP contribution in [0.4, 0.5) is 0 Å². The second kappa shape index (κ2) is 9.89. The second-order valence-corrected chi connectivity index (χ2v) is 9.05. The van der Waals surface area contributed by atoms with Gasteiger partial charge in [0.2, 0.25) is 0 Å². The average Bonchev–Trinajstić information content (AvgIpc) is 2.67. The Labute approximate surface area is 197 Å². The van der Waals surface area contributed by atoms with E-state index in [1.807, 2.05) is 73.7 Å². The van der Waals surface area contributed by atoms with Gasteiger partial charge in [-0.2, -0.15) is 0 Å². The average molecular weight is 615 g/mol. The number of ketones is 1. The first-order chi connectivity index (χ1) is 13.4. The fourth-order valence-electron chi connectivity index (χ4n) is 2.54. The van der Waals surface area contributed by atoms with E-state index >= 15 is 0 Å². The van der Waals surface area contributed by atoms with Gasteiger partial charge in [-0.3, -0.25) is 4.79 Å². The largest absolute Gasteiger partial charge is 0.487 e. The lowest BCUT2D eigenvalue weighted by Gasteiger charge is -2.11. The van der Waals surface area contributed by atoms with Gasteiger partial charge in [0.05, 0.1) is 7.14 Å². The summed E-state index contributed by atoms with van der Waals surface area (Å²) in [5.74, 6) is 0.839. The molecule has 2 nitrogen and oxygen atoms in total. The van der Waals surface area contributed by atoms with E-state index in [0.29, 0.717) is 17.2 Å². The van der Waals surface area contributed by atoms with Crippen molar-refractivity contribution in [2.45, 2.75) is 13.5 Å². The maximum Gasteiger partial charge on any atom is 0.185 e. The van der Waals surface area contributed by atoms with Gasteiger partial charge in [0.25, 0.3) is 0 Å². The first-order valence-corrected chi connectivity index (χ1v) is 11.1. The number of hydrogen-bond acceptors (Lipinski definition) is 2. The van der Waals surface area contributed by atoms with E-state index in [-0.39, 0.29) is 5.78 Å². The van der Waals surface area contributed by atoms with Crippen molar-refractivity contribution < 1.29 is 9.53 Å². The molecule has 0 saturated heterocycles. The predicted molar refractivity (Wildman–Crippen MR) is 132 cm³/mol. The lowest BCUT2D eigenvalue weighted by atomic mass is 10.1. The van der Waals surface area contributed by atoms with Gasteiger partial charge in [-0.25, -0.2) is 0 Å². The number of benzene rings is 3. The maximum atomic E-state index is 12.3. The van der Waals surface area contributed by atoms with Crippen LogP contribution < -0.4 is 4.74 Å². The van der Waals surface area contributed by atoms with Crippen molar-refractivity contribution in [3.05, 3.63) is 101 Å². The van der Waals surface area contributed by atoms with Gasteiger partial charge in [0.15, 0.2) is 5.78 Å². The van der Waals surface area contributed by atoms with Gasteiger partial charge in [-0.1, -0.05) is 59.6 Å². The van der Waals surface area contributed by atoms with E-state index in [2.05, 4.69) is 45.2 Å². The van der Waals surface area contributed by atoms with Crippen LogP contribution in [0.3, 0.4) is 0 Å². The lowest BCUT2D eigenvalue weighted by Crippen LogP contribution is -1.99. The van der Waals surface area contributed by atoms with E-state index in [4.69, 9.17) is 16.3 Å². The van der Waals surface area contributed by atoms with Crippen LogP contribution in [0.1, 0.15) is 27.0 Å². The molecule has 3 rings (SSSR count). The van der Waals surface area contributed by atoms with Crippen molar-refractivity contribution in [2.75, 3.05) is 0 Å². The Morgan fingerprint density at radius 1 is 1.00 bits per heavy atom. The molecule has 3 aromatic carbocycles. The summed E-state index contributed by atoms with van der Waals surface area (Å²) < 4.78 is 8.01. The number of ether oxygens (including phenoxy) is 1. The zero-order valence-corrected chi connectivity index (χ0v) is 20.2. The predicted octanol–water partition coefficient (Wildman–Crippen LogP) is 7.33. The highest BCUT2D eigenvalue weighted by molar-refractivity contribution is 14.1. The highest BCUT2D eigenvalue weighted by Gasteiger charge is 2.09. The molecular formula is C23H17ClI2O2. The van der Waals surface area contributed by atoms with Gasteiger partial charge >= 0.3 is 0 Å². The molecule has 0 fully saturated rings. The molecule has 0 spiro atoms. The van der Waals surface area contributed by atoms with Crippen LogP contribution in [0.15, 0.2) is 66.7 Å². The van der Waals surface area contributed by atoms with E-state index in [0.717, 1.165) is 29.6 Å². The van der Waals surface area contributed by atoms with Gasteiger partial charge in [-0.05, 0) is 93.6 Å². The monoisotopic (exact) mass is 614 g/mol. The van der Waals surface area contributed by atoms with Crippen LogP contribution >= 0.6 is 56.8 Å². The SMILES string of the molecule is Cc1ccc(C(=O)/C=C/c2cc(I)c(OCc3ccc(Cl)cc3)c(I)c2)cc1. The van der Waals surface area contributed by atoms with Crippen LogP contribution in [0.25, 0.3) is 6.08 Å². The summed E-state index contributed by atoms with van der Waals surface area (Å²) in [6.07, 6.45) is 3.45. The van der Waals surface area contributed by atoms with E-state index in [1.54, 1.807) is 6.08 Å². The van der Waals surface area contributed by atoms with Crippen molar-refractivity contribution >= 4 is 68.6 Å². The molecule has 0 unspecified atom stereocenters. The van der Waals surface area contributed by atoms with Gasteiger partial charge in [-0.15, -0.1) is 0 Å². The number of aryl methyl sites for hydroxylation is 1. The summed E-state index contributed by atoms with van der Waals surface area (Å²) in [6, 6.07) is 19.2. The molecule has 3 aromatic rings. The molecule has 0 aliphatic carbocycles. The highest BCUT2D eigenvalue weighted by Crippen LogP contribution is 2.30. The summed E-state index contributed by atoms with van der Waals surface area (Å²) in [4.78, 5) is 12.3. The third-order valence-corrected chi connectivity index (χ3v) is 5.93. The minimum Gasteiger partial charge on any atom is -0.487 e. The molecule has 0 bridgehead atoms. The van der Waals surface area contributed by atoms with Gasteiger partial charge in [0.1, 0.15) is 12.4 Å². The number of allylic oxidation sites excluding steroid dienone is 1. The smallest absolute Gasteiger partial charge is 0.185 e. The van der Waals surface area contributed by atoms with Crippen molar-refractivity contribution in [2.24, 2.45) is 0 Å². The Kier molecular flexibility index (Phi) is 7.54. The highest BCUT2D eigenvalue weighted by atomic mass is 127. The summed E-state index contributed by atoms with van der Waals surface area (Å²) >= 11 is 10.4. The molecule has 142 valence electrons. The third kappa shape index (κ3) is 5.81. The summed E-state index contributed by atoms with van der Waals surface area (Å²) in [6.45, 7) is 2.48. The zero-order chi connectivity index (χ0) is 20.1. The molecule has 0 aromatic heterocycles. The van der Waals surface area contributed by atoms with Crippen LogP contribution in [-0.4, -0.2) is 5.78 Å². The fourth-order valence-corrected chi connectivity index (χ4v) is 4.79. The summed E-state index contributed by atoms with van der Waals surface area (Å²) in [5.41, 5.74) is 3.85. The lowest BCUT2D eigenvalue weighted by molar-refractivity contribution is 0.104. The fraction of sp³-hybridized carbons (Fsp3) is 0.0870. The Bertz CT molecular complexity index is 987. The van der Waals surface area contributed by atoms with Crippen LogP contribution in [-0.2, 0) is 6.61 Å². The quantitative estimate of drug-likeness (QED) is 0.165. The van der Waals surface area contributed by atoms with Crippen molar-refractivity contribution in [1.82, 2.24) is 0 Å². The first kappa shape index (κ1) is 21.3. The minimum absolute atomic E-state index is 0.00641. The number of rotatable bonds is 6. The van der Waals surface area contributed by atoms with Crippen molar-refractivity contribution in [1.29, 1.82) is 0 Å². The van der Waals surface area contributed by atoms with Crippen LogP contribution in [0.5, 0.6) is 5.75 Å². The second-order valence-electron chi connectivity index (χ2n) is 6.29. The number of hydrogen-bond donors (Lipinski definition) is 0. The van der Waals surface area contributed by atoms with Crippen molar-refractivity contribution in [3.63, 3.8) is 0 Å². The Morgan fingerprint density at radius 2 is 1.61 bits per heavy atom. The minimum atomic E-state index is -0.00641. The number of carbonyl (C=O) groups is 1. The normalized spacial score (nSPS) is 11.0. The number of halogens is 3. The summed E-state index contributed by atoms with van der Waals surface area (Å²) in [7, 11) is 0. The topological polar surface area (TPSA) is 26.3 Å². The Morgan fingerprint density at radius 3 is 2.21 bits per heavy atom. The molecule has 0 aliphatic rings. The van der Waals surface area contributed by atoms with Gasteiger partial charge < -0.3 is 4.74 Å². The first-order valence-electron chi connectivity index (χ1n) is 8.58. The molecule has 0 N–H and O–H groups in total. The molecule has 28 heavy (non-hydrogen) atoms. The Balaban J connectivity index is 1.71. The molecular weight excluding hydrogens is 598 g/mol. The zero-order valence-electron chi connectivity index (χ0n) is 15.1. The molecule has 0 radical (unpaired) electrons. The van der Waals surface area contributed by atoms with E-state index in [9.17, 15) is 4.79 Å². The molecule has 5 heteroatoms. The molecule has 0 saturated carbocycles. The van der Waals surface area contributed by atoms with Crippen molar-refractivity contribution in [3.8, 4) is 5.75 Å². The number of carbonyl (C=O) groups excluding carboxylic acids is 1.